The van der Waals surface area contributed by atoms with Crippen molar-refractivity contribution < 1.29 is 4.74 Å². The maximum Gasteiger partial charge on any atom is 0.144 e. The van der Waals surface area contributed by atoms with Crippen LogP contribution in [0, 0.1) is 11.3 Å². The summed E-state index contributed by atoms with van der Waals surface area (Å²) in [6.07, 6.45) is 3.39. The zero-order valence-corrected chi connectivity index (χ0v) is 12.6. The minimum Gasteiger partial charge on any atom is -0.374 e. The van der Waals surface area contributed by atoms with Gasteiger partial charge in [-0.3, -0.25) is 4.90 Å². The van der Waals surface area contributed by atoms with E-state index in [0.717, 1.165) is 57.0 Å². The maximum atomic E-state index is 9.30. The summed E-state index contributed by atoms with van der Waals surface area (Å²) in [4.78, 5) is 7.03. The van der Waals surface area contributed by atoms with Crippen LogP contribution < -0.4 is 5.32 Å². The predicted octanol–water partition coefficient (Wildman–Crippen LogP) is 1.57. The Kier molecular flexibility index (Phi) is 4.37. The first-order chi connectivity index (χ1) is 10.3. The van der Waals surface area contributed by atoms with Gasteiger partial charge < -0.3 is 10.1 Å². The molecular formula is C16H22N4O. The van der Waals surface area contributed by atoms with E-state index in [0.29, 0.717) is 12.1 Å². The highest BCUT2D eigenvalue weighted by molar-refractivity contribution is 5.55. The van der Waals surface area contributed by atoms with E-state index in [9.17, 15) is 5.26 Å². The van der Waals surface area contributed by atoms with Crippen LogP contribution in [0.25, 0.3) is 0 Å². The van der Waals surface area contributed by atoms with Crippen molar-refractivity contribution in [3.8, 4) is 6.07 Å². The Morgan fingerprint density at radius 3 is 3.24 bits per heavy atom. The number of aromatic nitrogens is 1. The number of anilines is 1. The summed E-state index contributed by atoms with van der Waals surface area (Å²) >= 11 is 0. The van der Waals surface area contributed by atoms with Crippen LogP contribution in [-0.4, -0.2) is 48.8 Å². The second-order valence-electron chi connectivity index (χ2n) is 5.72. The smallest absolute Gasteiger partial charge is 0.144 e. The molecule has 1 aromatic heterocycles. The quantitative estimate of drug-likeness (QED) is 0.910. The van der Waals surface area contributed by atoms with Crippen LogP contribution in [0.4, 0.5) is 5.82 Å². The van der Waals surface area contributed by atoms with Crippen molar-refractivity contribution in [2.24, 2.45) is 0 Å². The lowest BCUT2D eigenvalue weighted by Crippen LogP contribution is -2.45. The summed E-state index contributed by atoms with van der Waals surface area (Å²) < 4.78 is 5.78. The zero-order chi connectivity index (χ0) is 14.7. The fourth-order valence-electron chi connectivity index (χ4n) is 3.09. The molecule has 1 aromatic rings. The van der Waals surface area contributed by atoms with Crippen molar-refractivity contribution in [1.82, 2.24) is 9.88 Å². The van der Waals surface area contributed by atoms with E-state index in [1.165, 1.54) is 5.56 Å². The minimum atomic E-state index is 0.167. The largest absolute Gasteiger partial charge is 0.374 e. The monoisotopic (exact) mass is 286 g/mol. The molecule has 0 saturated carbocycles. The predicted molar refractivity (Wildman–Crippen MR) is 81.3 cm³/mol. The van der Waals surface area contributed by atoms with Gasteiger partial charge in [-0.15, -0.1) is 0 Å². The lowest BCUT2D eigenvalue weighted by Gasteiger charge is -2.32. The molecule has 1 saturated heterocycles. The van der Waals surface area contributed by atoms with Gasteiger partial charge in [-0.1, -0.05) is 6.92 Å². The zero-order valence-electron chi connectivity index (χ0n) is 12.6. The first-order valence-electron chi connectivity index (χ1n) is 7.81. The van der Waals surface area contributed by atoms with Crippen LogP contribution >= 0.6 is 0 Å². The van der Waals surface area contributed by atoms with Crippen LogP contribution in [0.2, 0.25) is 0 Å². The van der Waals surface area contributed by atoms with Crippen molar-refractivity contribution in [1.29, 1.82) is 5.26 Å². The number of morpholine rings is 1. The lowest BCUT2D eigenvalue weighted by atomic mass is 10.1. The van der Waals surface area contributed by atoms with Gasteiger partial charge in [-0.2, -0.15) is 5.26 Å². The molecule has 112 valence electrons. The van der Waals surface area contributed by atoms with Crippen LogP contribution in [0.15, 0.2) is 6.07 Å². The molecule has 1 aliphatic heterocycles. The Morgan fingerprint density at radius 2 is 2.43 bits per heavy atom. The third-order valence-corrected chi connectivity index (χ3v) is 4.34. The third kappa shape index (κ3) is 3.17. The summed E-state index contributed by atoms with van der Waals surface area (Å²) in [6.45, 7) is 6.66. The van der Waals surface area contributed by atoms with E-state index in [1.807, 2.05) is 6.07 Å². The van der Waals surface area contributed by atoms with Crippen molar-refractivity contribution in [2.75, 3.05) is 38.1 Å². The van der Waals surface area contributed by atoms with Crippen LogP contribution in [0.3, 0.4) is 0 Å². The van der Waals surface area contributed by atoms with Gasteiger partial charge in [-0.05, 0) is 37.4 Å². The molecule has 0 radical (unpaired) electrons. The van der Waals surface area contributed by atoms with Gasteiger partial charge in [0.25, 0.3) is 0 Å². The molecule has 2 aliphatic rings. The average molecular weight is 286 g/mol. The van der Waals surface area contributed by atoms with E-state index in [2.05, 4.69) is 28.2 Å². The van der Waals surface area contributed by atoms with E-state index in [-0.39, 0.29) is 6.10 Å². The van der Waals surface area contributed by atoms with E-state index < -0.39 is 0 Å². The normalized spacial score (nSPS) is 21.8. The first kappa shape index (κ1) is 14.3. The van der Waals surface area contributed by atoms with Gasteiger partial charge >= 0.3 is 0 Å². The molecule has 0 aromatic carbocycles. The highest BCUT2D eigenvalue weighted by Crippen LogP contribution is 2.25. The number of nitriles is 1. The average Bonchev–Trinajstić information content (AvgIpc) is 2.99. The number of nitrogens with zero attached hydrogens (tertiary/aromatic N) is 3. The van der Waals surface area contributed by atoms with Gasteiger partial charge in [0, 0.05) is 25.3 Å². The molecule has 0 bridgehead atoms. The molecular weight excluding hydrogens is 264 g/mol. The Morgan fingerprint density at radius 1 is 1.52 bits per heavy atom. The number of fused-ring (bicyclic) bond motifs is 1. The summed E-state index contributed by atoms with van der Waals surface area (Å²) in [6, 6.07) is 4.25. The number of hydrogen-bond donors (Lipinski definition) is 1. The molecule has 1 unspecified atom stereocenters. The van der Waals surface area contributed by atoms with Crippen molar-refractivity contribution in [2.45, 2.75) is 32.3 Å². The molecule has 0 amide bonds. The number of hydrogen-bond acceptors (Lipinski definition) is 5. The highest BCUT2D eigenvalue weighted by Gasteiger charge is 2.21. The van der Waals surface area contributed by atoms with Crippen molar-refractivity contribution in [3.63, 3.8) is 0 Å². The summed E-state index contributed by atoms with van der Waals surface area (Å²) in [5, 5.41) is 12.6. The summed E-state index contributed by atoms with van der Waals surface area (Å²) in [7, 11) is 0. The van der Waals surface area contributed by atoms with Crippen LogP contribution in [0.1, 0.15) is 30.2 Å². The SMILES string of the molecule is CCN1CCOC(CNc2nc3c(cc2C#N)CCC3)C1. The topological polar surface area (TPSA) is 61.2 Å². The lowest BCUT2D eigenvalue weighted by molar-refractivity contribution is -0.0192. The van der Waals surface area contributed by atoms with E-state index in [4.69, 9.17) is 4.74 Å². The number of pyridine rings is 1. The van der Waals surface area contributed by atoms with Gasteiger partial charge in [0.2, 0.25) is 0 Å². The summed E-state index contributed by atoms with van der Waals surface area (Å²) in [5.41, 5.74) is 3.04. The van der Waals surface area contributed by atoms with E-state index in [1.54, 1.807) is 0 Å². The second-order valence-corrected chi connectivity index (χ2v) is 5.72. The standard InChI is InChI=1S/C16H22N4O/c1-2-20-6-7-21-14(11-20)10-18-16-13(9-17)8-12-4-3-5-15(12)19-16/h8,14H,2-7,10-11H2,1H3,(H,18,19). The second kappa shape index (κ2) is 6.42. The number of ether oxygens (including phenoxy) is 1. The van der Waals surface area contributed by atoms with Crippen molar-refractivity contribution in [3.05, 3.63) is 22.9 Å². The highest BCUT2D eigenvalue weighted by atomic mass is 16.5. The van der Waals surface area contributed by atoms with Crippen LogP contribution in [0.5, 0.6) is 0 Å². The first-order valence-corrected chi connectivity index (χ1v) is 7.81. The number of aryl methyl sites for hydroxylation is 2. The van der Waals surface area contributed by atoms with Gasteiger partial charge in [0.15, 0.2) is 0 Å². The third-order valence-electron chi connectivity index (χ3n) is 4.34. The van der Waals surface area contributed by atoms with Crippen LogP contribution in [-0.2, 0) is 17.6 Å². The summed E-state index contributed by atoms with van der Waals surface area (Å²) in [5.74, 6) is 0.718. The molecule has 0 spiro atoms. The van der Waals surface area contributed by atoms with E-state index >= 15 is 0 Å². The van der Waals surface area contributed by atoms with Gasteiger partial charge in [-0.25, -0.2) is 4.98 Å². The number of nitrogens with one attached hydrogen (secondary N) is 1. The fourth-order valence-corrected chi connectivity index (χ4v) is 3.09. The molecule has 21 heavy (non-hydrogen) atoms. The molecule has 1 N–H and O–H groups in total. The Balaban J connectivity index is 1.66. The fraction of sp³-hybridized carbons (Fsp3) is 0.625. The molecule has 3 rings (SSSR count). The van der Waals surface area contributed by atoms with Gasteiger partial charge in [0.05, 0.1) is 18.3 Å². The molecule has 5 heteroatoms. The molecule has 1 atom stereocenters. The molecule has 1 aliphatic carbocycles. The number of likely N-dealkylation sites (N-methyl/N-ethyl adjacent to an activating group) is 1. The Bertz CT molecular complexity index is 552. The van der Waals surface area contributed by atoms with Gasteiger partial charge in [0.1, 0.15) is 11.9 Å². The maximum absolute atomic E-state index is 9.30. The van der Waals surface area contributed by atoms with Crippen molar-refractivity contribution >= 4 is 5.82 Å². The molecule has 5 nitrogen and oxygen atoms in total. The Hall–Kier alpha value is -1.64. The molecule has 2 heterocycles. The minimum absolute atomic E-state index is 0.167. The Labute approximate surface area is 125 Å². The number of rotatable bonds is 4. The molecule has 1 fully saturated rings.